The first-order valence-electron chi connectivity index (χ1n) is 13.2. The number of nitrogens with one attached hydrogen (secondary N) is 1. The molecule has 1 aliphatic rings. The number of carbonyl (C=O) groups is 2. The standard InChI is InChI=1S/C29H34FN3O5S/c1-3-6-26-24(16-13-20-11-14-22(30)15-12-20)28(34)25(29(35)38-26)10-5-8-21-7-4-9-23(17-21)32-39(36,37)27-18-33(2)19-31-27/h4,7,9,11-12,14-15,17-19,24-26,32H,3,5-6,8,10,13,16H2,1-2H3/t24?,25?,26-/m1/s1. The summed E-state index contributed by atoms with van der Waals surface area (Å²) in [5.41, 5.74) is 2.23. The lowest BCUT2D eigenvalue weighted by Gasteiger charge is -2.34. The first-order valence-corrected chi connectivity index (χ1v) is 14.7. The summed E-state index contributed by atoms with van der Waals surface area (Å²) in [6.45, 7) is 1.99. The highest BCUT2D eigenvalue weighted by molar-refractivity contribution is 7.92. The molecule has 0 amide bonds. The number of imidazole rings is 1. The van der Waals surface area contributed by atoms with E-state index in [1.165, 1.54) is 24.7 Å². The Hall–Kier alpha value is -3.53. The molecule has 0 bridgehead atoms. The highest BCUT2D eigenvalue weighted by atomic mass is 32.2. The van der Waals surface area contributed by atoms with Crippen LogP contribution in [-0.4, -0.2) is 35.8 Å². The summed E-state index contributed by atoms with van der Waals surface area (Å²) in [6, 6.07) is 13.3. The van der Waals surface area contributed by atoms with E-state index in [-0.39, 0.29) is 22.5 Å². The first-order chi connectivity index (χ1) is 18.7. The van der Waals surface area contributed by atoms with Gasteiger partial charge in [-0.15, -0.1) is 0 Å². The molecule has 1 saturated heterocycles. The molecule has 3 aromatic rings. The summed E-state index contributed by atoms with van der Waals surface area (Å²) >= 11 is 0. The lowest BCUT2D eigenvalue weighted by Crippen LogP contribution is -2.46. The van der Waals surface area contributed by atoms with Crippen LogP contribution in [0.15, 0.2) is 66.1 Å². The van der Waals surface area contributed by atoms with Gasteiger partial charge in [0.1, 0.15) is 17.8 Å². The van der Waals surface area contributed by atoms with Crippen LogP contribution in [0.1, 0.15) is 50.2 Å². The molecule has 2 aromatic carbocycles. The van der Waals surface area contributed by atoms with Crippen molar-refractivity contribution in [3.05, 3.63) is 78.0 Å². The summed E-state index contributed by atoms with van der Waals surface area (Å²) in [4.78, 5) is 30.1. The quantitative estimate of drug-likeness (QED) is 0.253. The number of aryl methyl sites for hydroxylation is 3. The molecule has 0 spiro atoms. The Kier molecular flexibility index (Phi) is 9.16. The number of anilines is 1. The number of halogens is 1. The Balaban J connectivity index is 1.36. The molecule has 0 radical (unpaired) electrons. The van der Waals surface area contributed by atoms with Gasteiger partial charge in [-0.1, -0.05) is 37.6 Å². The molecule has 208 valence electrons. The molecular formula is C29H34FN3O5S. The second-order valence-electron chi connectivity index (χ2n) is 10.1. The summed E-state index contributed by atoms with van der Waals surface area (Å²) < 4.78 is 48.3. The summed E-state index contributed by atoms with van der Waals surface area (Å²) in [5, 5.41) is -0.0694. The number of cyclic esters (lactones) is 1. The van der Waals surface area contributed by atoms with Gasteiger partial charge in [-0.25, -0.2) is 9.37 Å². The van der Waals surface area contributed by atoms with Crippen molar-refractivity contribution in [2.24, 2.45) is 18.9 Å². The van der Waals surface area contributed by atoms with E-state index >= 15 is 0 Å². The fraction of sp³-hybridized carbons (Fsp3) is 0.414. The van der Waals surface area contributed by atoms with Gasteiger partial charge in [0.25, 0.3) is 10.0 Å². The van der Waals surface area contributed by atoms with Crippen LogP contribution in [0.25, 0.3) is 0 Å². The molecule has 1 aliphatic heterocycles. The number of hydrogen-bond donors (Lipinski definition) is 1. The molecule has 10 heteroatoms. The van der Waals surface area contributed by atoms with Crippen molar-refractivity contribution in [2.75, 3.05) is 4.72 Å². The van der Waals surface area contributed by atoms with Crippen LogP contribution < -0.4 is 4.72 Å². The van der Waals surface area contributed by atoms with Crippen molar-refractivity contribution >= 4 is 27.5 Å². The Morgan fingerprint density at radius 3 is 2.49 bits per heavy atom. The maximum atomic E-state index is 13.4. The minimum atomic E-state index is -3.81. The van der Waals surface area contributed by atoms with E-state index in [2.05, 4.69) is 9.71 Å². The fourth-order valence-corrected chi connectivity index (χ4v) is 6.05. The number of rotatable bonds is 12. The summed E-state index contributed by atoms with van der Waals surface area (Å²) in [6.07, 6.45) is 6.44. The highest BCUT2D eigenvalue weighted by Gasteiger charge is 2.43. The van der Waals surface area contributed by atoms with Crippen LogP contribution in [0.4, 0.5) is 10.1 Å². The van der Waals surface area contributed by atoms with Crippen LogP contribution in [-0.2, 0) is 44.2 Å². The van der Waals surface area contributed by atoms with Gasteiger partial charge in [-0.05, 0) is 73.9 Å². The van der Waals surface area contributed by atoms with Crippen molar-refractivity contribution in [3.8, 4) is 0 Å². The number of Topliss-reactive ketones (excluding diaryl/α,β-unsaturated/α-hetero) is 1. The minimum Gasteiger partial charge on any atom is -0.461 e. The number of ketones is 1. The van der Waals surface area contributed by atoms with Gasteiger partial charge < -0.3 is 9.30 Å². The average molecular weight is 556 g/mol. The Morgan fingerprint density at radius 2 is 1.79 bits per heavy atom. The SMILES string of the molecule is CCC[C@H]1OC(=O)C(CCCc2cccc(NS(=O)(=O)c3cn(C)cn3)c2)C(=O)C1CCc1ccc(F)cc1. The molecule has 0 aliphatic carbocycles. The van der Waals surface area contributed by atoms with E-state index in [1.54, 1.807) is 41.9 Å². The van der Waals surface area contributed by atoms with Crippen molar-refractivity contribution in [2.45, 2.75) is 63.0 Å². The number of carbonyl (C=O) groups excluding carboxylic acids is 2. The predicted octanol–water partition coefficient (Wildman–Crippen LogP) is 4.84. The lowest BCUT2D eigenvalue weighted by molar-refractivity contribution is -0.171. The Morgan fingerprint density at radius 1 is 1.03 bits per heavy atom. The second-order valence-corrected chi connectivity index (χ2v) is 11.7. The molecule has 2 unspecified atom stereocenters. The number of sulfonamides is 1. The molecule has 1 fully saturated rings. The van der Waals surface area contributed by atoms with Crippen LogP contribution in [0, 0.1) is 17.7 Å². The third-order valence-corrected chi connectivity index (χ3v) is 8.30. The molecule has 3 atom stereocenters. The number of benzene rings is 2. The highest BCUT2D eigenvalue weighted by Crippen LogP contribution is 2.32. The maximum absolute atomic E-state index is 13.4. The average Bonchev–Trinajstić information content (AvgIpc) is 3.34. The molecule has 2 heterocycles. The van der Waals surface area contributed by atoms with Crippen molar-refractivity contribution in [1.29, 1.82) is 0 Å². The molecule has 4 rings (SSSR count). The normalized spacial score (nSPS) is 19.6. The molecule has 1 aromatic heterocycles. The van der Waals surface area contributed by atoms with Crippen molar-refractivity contribution in [1.82, 2.24) is 9.55 Å². The number of hydrogen-bond acceptors (Lipinski definition) is 6. The van der Waals surface area contributed by atoms with E-state index in [0.29, 0.717) is 44.2 Å². The second kappa shape index (κ2) is 12.5. The zero-order valence-corrected chi connectivity index (χ0v) is 23.0. The van der Waals surface area contributed by atoms with Crippen molar-refractivity contribution < 1.29 is 27.1 Å². The van der Waals surface area contributed by atoms with Gasteiger partial charge >= 0.3 is 5.97 Å². The summed E-state index contributed by atoms with van der Waals surface area (Å²) in [5.74, 6) is -2.05. The van der Waals surface area contributed by atoms with Gasteiger partial charge in [-0.3, -0.25) is 14.3 Å². The predicted molar refractivity (Wildman–Crippen MR) is 145 cm³/mol. The molecular weight excluding hydrogens is 521 g/mol. The topological polar surface area (TPSA) is 107 Å². The number of esters is 1. The van der Waals surface area contributed by atoms with E-state index in [1.807, 2.05) is 13.0 Å². The van der Waals surface area contributed by atoms with Gasteiger partial charge in [-0.2, -0.15) is 8.42 Å². The molecule has 39 heavy (non-hydrogen) atoms. The zero-order valence-electron chi connectivity index (χ0n) is 22.2. The van der Waals surface area contributed by atoms with Gasteiger partial charge in [0.05, 0.1) is 12.2 Å². The number of aromatic nitrogens is 2. The lowest BCUT2D eigenvalue weighted by atomic mass is 9.79. The third kappa shape index (κ3) is 7.32. The Bertz CT molecular complexity index is 1400. The van der Waals surface area contributed by atoms with Gasteiger partial charge in [0, 0.05) is 18.9 Å². The van der Waals surface area contributed by atoms with E-state index in [0.717, 1.165) is 17.5 Å². The van der Waals surface area contributed by atoms with Crippen LogP contribution in [0.2, 0.25) is 0 Å². The molecule has 1 N–H and O–H groups in total. The summed E-state index contributed by atoms with van der Waals surface area (Å²) in [7, 11) is -2.12. The maximum Gasteiger partial charge on any atom is 0.316 e. The molecule has 0 saturated carbocycles. The van der Waals surface area contributed by atoms with E-state index in [4.69, 9.17) is 4.74 Å². The third-order valence-electron chi connectivity index (χ3n) is 7.03. The zero-order chi connectivity index (χ0) is 28.0. The van der Waals surface area contributed by atoms with Crippen LogP contribution in [0.5, 0.6) is 0 Å². The van der Waals surface area contributed by atoms with Gasteiger partial charge in [0.15, 0.2) is 10.8 Å². The smallest absolute Gasteiger partial charge is 0.316 e. The van der Waals surface area contributed by atoms with E-state index < -0.39 is 28.0 Å². The van der Waals surface area contributed by atoms with Gasteiger partial charge in [0.2, 0.25) is 0 Å². The largest absolute Gasteiger partial charge is 0.461 e. The first kappa shape index (κ1) is 28.5. The van der Waals surface area contributed by atoms with Crippen LogP contribution in [0.3, 0.4) is 0 Å². The number of nitrogens with zero attached hydrogens (tertiary/aromatic N) is 2. The van der Waals surface area contributed by atoms with E-state index in [9.17, 15) is 22.4 Å². The Labute approximate surface area is 228 Å². The fourth-order valence-electron chi connectivity index (χ4n) is 5.01. The number of ether oxygens (including phenoxy) is 1. The van der Waals surface area contributed by atoms with Crippen molar-refractivity contribution in [3.63, 3.8) is 0 Å². The monoisotopic (exact) mass is 555 g/mol. The molecule has 8 nitrogen and oxygen atoms in total. The minimum absolute atomic E-state index is 0.0694. The van der Waals surface area contributed by atoms with Crippen LogP contribution >= 0.6 is 0 Å².